The largest absolute Gasteiger partial charge is 0.370 e. The lowest BCUT2D eigenvalue weighted by Gasteiger charge is -2.38. The molecule has 0 bridgehead atoms. The lowest BCUT2D eigenvalue weighted by atomic mass is 9.93. The summed E-state index contributed by atoms with van der Waals surface area (Å²) in [4.78, 5) is 20.5. The summed E-state index contributed by atoms with van der Waals surface area (Å²) in [7, 11) is 5.25. The number of nitrogens with two attached hydrogens (primary N) is 1. The Labute approximate surface area is 168 Å². The number of imidazole rings is 1. The number of halogens is 2. The number of carbonyl (C=O) groups is 1. The summed E-state index contributed by atoms with van der Waals surface area (Å²) in [5.74, 6) is -0.723. The summed E-state index contributed by atoms with van der Waals surface area (Å²) >= 11 is 0. The molecule has 29 heavy (non-hydrogen) atoms. The fourth-order valence-corrected chi connectivity index (χ4v) is 4.15. The van der Waals surface area contributed by atoms with E-state index in [1.807, 2.05) is 11.6 Å². The van der Waals surface area contributed by atoms with E-state index in [4.69, 9.17) is 10.5 Å². The van der Waals surface area contributed by atoms with Crippen LogP contribution in [-0.2, 0) is 24.9 Å². The summed E-state index contributed by atoms with van der Waals surface area (Å²) in [6, 6.07) is 2.92. The molecule has 1 amide bonds. The molecule has 3 heterocycles. The van der Waals surface area contributed by atoms with Crippen molar-refractivity contribution in [2.24, 2.45) is 12.8 Å². The average Bonchev–Trinajstić information content (AvgIpc) is 3.23. The van der Waals surface area contributed by atoms with Crippen LogP contribution in [0.25, 0.3) is 0 Å². The molecule has 2 aliphatic rings. The molecular weight excluding hydrogens is 380 g/mol. The summed E-state index contributed by atoms with van der Waals surface area (Å²) in [5.41, 5.74) is 8.33. The van der Waals surface area contributed by atoms with Gasteiger partial charge in [-0.3, -0.25) is 9.69 Å². The van der Waals surface area contributed by atoms with Gasteiger partial charge in [0.25, 0.3) is 5.91 Å². The van der Waals surface area contributed by atoms with E-state index in [2.05, 4.69) is 9.88 Å². The van der Waals surface area contributed by atoms with Gasteiger partial charge in [-0.1, -0.05) is 0 Å². The molecule has 7 nitrogen and oxygen atoms in total. The number of hydrogen-bond acceptors (Lipinski definition) is 5. The van der Waals surface area contributed by atoms with E-state index in [-0.39, 0.29) is 17.5 Å². The Morgan fingerprint density at radius 3 is 2.72 bits per heavy atom. The second-order valence-electron chi connectivity index (χ2n) is 7.97. The summed E-state index contributed by atoms with van der Waals surface area (Å²) in [6.07, 6.45) is -0.0765. The number of nitrogens with zero attached hydrogens (tertiary/aromatic N) is 4. The lowest BCUT2D eigenvalue weighted by molar-refractivity contribution is -0.0535. The first-order chi connectivity index (χ1) is 13.8. The second kappa shape index (κ2) is 7.47. The number of benzene rings is 1. The van der Waals surface area contributed by atoms with Crippen molar-refractivity contribution in [3.63, 3.8) is 0 Å². The van der Waals surface area contributed by atoms with Crippen molar-refractivity contribution in [3.8, 4) is 0 Å². The monoisotopic (exact) mass is 405 g/mol. The summed E-state index contributed by atoms with van der Waals surface area (Å²) < 4.78 is 35.4. The van der Waals surface area contributed by atoms with Crippen LogP contribution < -0.4 is 5.73 Å². The Balaban J connectivity index is 1.45. The highest BCUT2D eigenvalue weighted by Gasteiger charge is 2.38. The molecule has 4 rings (SSSR count). The number of carbonyl (C=O) groups excluding carboxylic acids is 1. The van der Waals surface area contributed by atoms with Crippen LogP contribution in [0.4, 0.5) is 8.78 Å². The maximum atomic E-state index is 14.1. The van der Waals surface area contributed by atoms with Crippen LogP contribution in [-0.4, -0.2) is 58.0 Å². The number of ether oxygens (including phenoxy) is 1. The third kappa shape index (κ3) is 3.54. The summed E-state index contributed by atoms with van der Waals surface area (Å²) in [5, 5.41) is 0. The van der Waals surface area contributed by atoms with Gasteiger partial charge < -0.3 is 19.9 Å². The van der Waals surface area contributed by atoms with E-state index < -0.39 is 23.8 Å². The molecule has 1 aromatic carbocycles. The first-order valence-electron chi connectivity index (χ1n) is 9.58. The molecule has 1 aromatic heterocycles. The summed E-state index contributed by atoms with van der Waals surface area (Å²) in [6.45, 7) is 1.61. The van der Waals surface area contributed by atoms with Crippen molar-refractivity contribution < 1.29 is 18.3 Å². The number of fused-ring (bicyclic) bond motifs is 1. The first kappa shape index (κ1) is 19.9. The van der Waals surface area contributed by atoms with Crippen molar-refractivity contribution in [2.45, 2.75) is 37.7 Å². The molecule has 0 radical (unpaired) electrons. The average molecular weight is 405 g/mol. The number of amides is 1. The van der Waals surface area contributed by atoms with Crippen LogP contribution in [0.2, 0.25) is 0 Å². The van der Waals surface area contributed by atoms with E-state index in [0.717, 1.165) is 29.6 Å². The third-order valence-electron chi connectivity index (χ3n) is 5.78. The van der Waals surface area contributed by atoms with Crippen LogP contribution >= 0.6 is 0 Å². The van der Waals surface area contributed by atoms with Crippen molar-refractivity contribution >= 4 is 5.91 Å². The smallest absolute Gasteiger partial charge is 0.289 e. The van der Waals surface area contributed by atoms with Crippen LogP contribution in [0, 0.1) is 11.6 Å². The Morgan fingerprint density at radius 2 is 2.07 bits per heavy atom. The molecule has 0 saturated carbocycles. The number of rotatable bonds is 3. The molecule has 2 N–H and O–H groups in total. The molecule has 0 spiro atoms. The topological polar surface area (TPSA) is 76.6 Å². The minimum Gasteiger partial charge on any atom is -0.370 e. The molecule has 2 aromatic rings. The molecule has 0 aliphatic carbocycles. The standard InChI is InChI=1S/C20H25F2N5O2/c1-25(2)20(28)19-24-16-8-27(9-17(16)26(19)3)12-7-15(23)18(29-10-12)13-6-11(21)4-5-14(13)22/h4-6,12,15,18H,7-10,23H2,1-3H3/t12?,15?,18-/m1/s1. The van der Waals surface area contributed by atoms with Gasteiger partial charge in [-0.15, -0.1) is 0 Å². The highest BCUT2D eigenvalue weighted by Crippen LogP contribution is 2.34. The van der Waals surface area contributed by atoms with E-state index >= 15 is 0 Å². The number of aromatic nitrogens is 2. The SMILES string of the molecule is CN(C)C(=O)c1nc2c(n1C)CN(C1CO[C@H](c3cc(F)ccc3F)C(N)C1)C2. The second-order valence-corrected chi connectivity index (χ2v) is 7.97. The van der Waals surface area contributed by atoms with Gasteiger partial charge in [-0.25, -0.2) is 13.8 Å². The van der Waals surface area contributed by atoms with Gasteiger partial charge in [0.1, 0.15) is 17.7 Å². The minimum absolute atomic E-state index is 0.0417. The van der Waals surface area contributed by atoms with Crippen molar-refractivity contribution in [3.05, 3.63) is 52.6 Å². The van der Waals surface area contributed by atoms with E-state index in [1.54, 1.807) is 14.1 Å². The van der Waals surface area contributed by atoms with E-state index in [9.17, 15) is 13.6 Å². The molecule has 1 fully saturated rings. The first-order valence-corrected chi connectivity index (χ1v) is 9.58. The lowest BCUT2D eigenvalue weighted by Crippen LogP contribution is -2.48. The van der Waals surface area contributed by atoms with Crippen molar-refractivity contribution in [1.82, 2.24) is 19.4 Å². The Morgan fingerprint density at radius 1 is 1.31 bits per heavy atom. The molecule has 3 atom stereocenters. The van der Waals surface area contributed by atoms with Gasteiger partial charge in [0.15, 0.2) is 5.82 Å². The normalized spacial score (nSPS) is 24.6. The van der Waals surface area contributed by atoms with Gasteiger partial charge in [-0.2, -0.15) is 0 Å². The van der Waals surface area contributed by atoms with Gasteiger partial charge in [0.05, 0.1) is 18.0 Å². The highest BCUT2D eigenvalue weighted by atomic mass is 19.1. The quantitative estimate of drug-likeness (QED) is 0.839. The van der Waals surface area contributed by atoms with Crippen LogP contribution in [0.5, 0.6) is 0 Å². The van der Waals surface area contributed by atoms with Gasteiger partial charge in [0.2, 0.25) is 0 Å². The number of hydrogen-bond donors (Lipinski definition) is 1. The van der Waals surface area contributed by atoms with Gasteiger partial charge in [0, 0.05) is 51.9 Å². The zero-order valence-electron chi connectivity index (χ0n) is 16.7. The van der Waals surface area contributed by atoms with Gasteiger partial charge in [-0.05, 0) is 24.6 Å². The Kier molecular flexibility index (Phi) is 5.14. The van der Waals surface area contributed by atoms with E-state index in [0.29, 0.717) is 31.9 Å². The molecule has 9 heteroatoms. The van der Waals surface area contributed by atoms with Crippen LogP contribution in [0.15, 0.2) is 18.2 Å². The van der Waals surface area contributed by atoms with Crippen LogP contribution in [0.3, 0.4) is 0 Å². The van der Waals surface area contributed by atoms with Crippen molar-refractivity contribution in [2.75, 3.05) is 20.7 Å². The maximum absolute atomic E-state index is 14.1. The molecule has 1 saturated heterocycles. The van der Waals surface area contributed by atoms with Crippen LogP contribution in [0.1, 0.15) is 40.1 Å². The molecule has 2 unspecified atom stereocenters. The van der Waals surface area contributed by atoms with E-state index in [1.165, 1.54) is 4.90 Å². The molecular formula is C20H25F2N5O2. The zero-order chi connectivity index (χ0) is 20.9. The highest BCUT2D eigenvalue weighted by molar-refractivity contribution is 5.90. The fraction of sp³-hybridized carbons (Fsp3) is 0.500. The molecule has 156 valence electrons. The Hall–Kier alpha value is -2.36. The Bertz CT molecular complexity index is 945. The predicted octanol–water partition coefficient (Wildman–Crippen LogP) is 1.57. The predicted molar refractivity (Wildman–Crippen MR) is 102 cm³/mol. The zero-order valence-corrected chi connectivity index (χ0v) is 16.7. The molecule has 2 aliphatic heterocycles. The van der Waals surface area contributed by atoms with Crippen molar-refractivity contribution in [1.29, 1.82) is 0 Å². The fourth-order valence-electron chi connectivity index (χ4n) is 4.15. The maximum Gasteiger partial charge on any atom is 0.289 e. The third-order valence-corrected chi connectivity index (χ3v) is 5.78. The van der Waals surface area contributed by atoms with Gasteiger partial charge >= 0.3 is 0 Å². The minimum atomic E-state index is -0.672.